The molecule has 0 N–H and O–H groups in total. The van der Waals surface area contributed by atoms with E-state index in [0.717, 1.165) is 29.0 Å². The molecule has 0 aliphatic heterocycles. The average molecular weight is 221 g/mol. The van der Waals surface area contributed by atoms with Crippen LogP contribution in [0.4, 0.5) is 5.69 Å². The second kappa shape index (κ2) is 4.31. The molecule has 0 aliphatic carbocycles. The van der Waals surface area contributed by atoms with Crippen LogP contribution >= 0.6 is 11.3 Å². The average Bonchev–Trinajstić information content (AvgIpc) is 2.86. The normalized spacial score (nSPS) is 10.2. The highest BCUT2D eigenvalue weighted by Crippen LogP contribution is 2.22. The Bertz CT molecular complexity index is 433. The predicted molar refractivity (Wildman–Crippen MR) is 60.5 cm³/mol. The first-order valence-electron chi connectivity index (χ1n) is 4.55. The molecule has 0 aliphatic rings. The number of anilines is 1. The highest BCUT2D eigenvalue weighted by molar-refractivity contribution is 7.12. The van der Waals surface area contributed by atoms with Crippen LogP contribution in [0.15, 0.2) is 34.5 Å². The van der Waals surface area contributed by atoms with E-state index in [0.29, 0.717) is 0 Å². The molecule has 0 amide bonds. The van der Waals surface area contributed by atoms with Crippen LogP contribution in [0.3, 0.4) is 0 Å². The van der Waals surface area contributed by atoms with E-state index in [9.17, 15) is 4.79 Å². The van der Waals surface area contributed by atoms with Crippen LogP contribution in [0.5, 0.6) is 0 Å². The maximum absolute atomic E-state index is 10.5. The van der Waals surface area contributed by atoms with Gasteiger partial charge in [-0.15, -0.1) is 11.3 Å². The van der Waals surface area contributed by atoms with Crippen molar-refractivity contribution in [2.45, 2.75) is 6.54 Å². The lowest BCUT2D eigenvalue weighted by Gasteiger charge is -2.15. The zero-order valence-electron chi connectivity index (χ0n) is 8.34. The molecule has 78 valence electrons. The van der Waals surface area contributed by atoms with Crippen molar-refractivity contribution in [3.63, 3.8) is 0 Å². The summed E-state index contributed by atoms with van der Waals surface area (Å²) in [5.74, 6) is 0. The van der Waals surface area contributed by atoms with Gasteiger partial charge in [0, 0.05) is 30.2 Å². The molecule has 0 spiro atoms. The Morgan fingerprint density at radius 3 is 3.07 bits per heavy atom. The Morgan fingerprint density at radius 1 is 1.60 bits per heavy atom. The molecule has 0 bridgehead atoms. The van der Waals surface area contributed by atoms with E-state index in [-0.39, 0.29) is 0 Å². The fraction of sp³-hybridized carbons (Fsp3) is 0.182. The first kappa shape index (κ1) is 9.98. The highest BCUT2D eigenvalue weighted by atomic mass is 32.1. The molecule has 0 aromatic carbocycles. The zero-order chi connectivity index (χ0) is 10.7. The summed E-state index contributed by atoms with van der Waals surface area (Å²) in [5.41, 5.74) is 2.18. The number of hydrogen-bond donors (Lipinski definition) is 0. The minimum atomic E-state index is 0.754. The van der Waals surface area contributed by atoms with E-state index in [4.69, 9.17) is 4.42 Å². The second-order valence-electron chi connectivity index (χ2n) is 3.31. The van der Waals surface area contributed by atoms with Gasteiger partial charge >= 0.3 is 0 Å². The van der Waals surface area contributed by atoms with Gasteiger partial charge in [0.25, 0.3) is 0 Å². The van der Waals surface area contributed by atoms with Gasteiger partial charge in [0.2, 0.25) is 0 Å². The zero-order valence-corrected chi connectivity index (χ0v) is 9.16. The summed E-state index contributed by atoms with van der Waals surface area (Å²) in [5, 5.41) is 1.98. The lowest BCUT2D eigenvalue weighted by molar-refractivity contribution is 0.112. The van der Waals surface area contributed by atoms with Crippen molar-refractivity contribution in [3.8, 4) is 0 Å². The lowest BCUT2D eigenvalue weighted by Crippen LogP contribution is -2.14. The number of carbonyl (C=O) groups excluding carboxylic acids is 1. The van der Waals surface area contributed by atoms with Gasteiger partial charge in [-0.1, -0.05) is 0 Å². The number of furan rings is 1. The smallest absolute Gasteiger partial charge is 0.160 e. The number of carbonyl (C=O) groups is 1. The molecule has 2 aromatic rings. The Balaban J connectivity index is 2.07. The third-order valence-electron chi connectivity index (χ3n) is 2.16. The molecule has 0 fully saturated rings. The van der Waals surface area contributed by atoms with Gasteiger partial charge in [-0.2, -0.15) is 0 Å². The minimum absolute atomic E-state index is 0.754. The van der Waals surface area contributed by atoms with E-state index in [1.165, 1.54) is 11.3 Å². The molecule has 4 heteroatoms. The van der Waals surface area contributed by atoms with Crippen molar-refractivity contribution >= 4 is 23.3 Å². The molecule has 0 saturated carbocycles. The van der Waals surface area contributed by atoms with Crippen molar-refractivity contribution in [1.29, 1.82) is 0 Å². The Morgan fingerprint density at radius 2 is 2.47 bits per heavy atom. The summed E-state index contributed by atoms with van der Waals surface area (Å²) < 4.78 is 5.00. The molecular weight excluding hydrogens is 210 g/mol. The fourth-order valence-electron chi connectivity index (χ4n) is 1.35. The largest absolute Gasteiger partial charge is 0.472 e. The van der Waals surface area contributed by atoms with Gasteiger partial charge in [0.1, 0.15) is 0 Å². The van der Waals surface area contributed by atoms with E-state index in [2.05, 4.69) is 4.90 Å². The quantitative estimate of drug-likeness (QED) is 0.744. The molecule has 15 heavy (non-hydrogen) atoms. The number of thiophene rings is 1. The molecule has 2 aromatic heterocycles. The number of hydrogen-bond acceptors (Lipinski definition) is 4. The van der Waals surface area contributed by atoms with Gasteiger partial charge < -0.3 is 9.32 Å². The fourth-order valence-corrected chi connectivity index (χ4v) is 2.10. The standard InChI is InChI=1S/C11H11NO2S/c1-12(5-9-2-3-14-7-9)10-4-11(6-13)15-8-10/h2-4,6-8H,5H2,1H3. The molecule has 0 unspecified atom stereocenters. The Hall–Kier alpha value is -1.55. The molecular formula is C11H11NO2S. The molecule has 3 nitrogen and oxygen atoms in total. The van der Waals surface area contributed by atoms with Crippen LogP contribution < -0.4 is 4.90 Å². The second-order valence-corrected chi connectivity index (χ2v) is 4.26. The van der Waals surface area contributed by atoms with E-state index < -0.39 is 0 Å². The number of aldehydes is 1. The van der Waals surface area contributed by atoms with Gasteiger partial charge in [-0.25, -0.2) is 0 Å². The predicted octanol–water partition coefficient (Wildman–Crippen LogP) is 2.79. The van der Waals surface area contributed by atoms with Gasteiger partial charge in [0.05, 0.1) is 17.4 Å². The van der Waals surface area contributed by atoms with E-state index in [1.807, 2.05) is 24.6 Å². The third kappa shape index (κ3) is 2.27. The van der Waals surface area contributed by atoms with Crippen LogP contribution in [-0.2, 0) is 6.54 Å². The minimum Gasteiger partial charge on any atom is -0.472 e. The highest BCUT2D eigenvalue weighted by Gasteiger charge is 2.05. The van der Waals surface area contributed by atoms with Crippen LogP contribution in [0.2, 0.25) is 0 Å². The van der Waals surface area contributed by atoms with Crippen LogP contribution in [-0.4, -0.2) is 13.3 Å². The van der Waals surface area contributed by atoms with E-state index >= 15 is 0 Å². The van der Waals surface area contributed by atoms with Crippen molar-refractivity contribution < 1.29 is 9.21 Å². The van der Waals surface area contributed by atoms with Gasteiger partial charge in [-0.05, 0) is 12.1 Å². The maximum atomic E-state index is 10.5. The summed E-state index contributed by atoms with van der Waals surface area (Å²) in [6, 6.07) is 3.82. The van der Waals surface area contributed by atoms with Gasteiger partial charge in [-0.3, -0.25) is 4.79 Å². The lowest BCUT2D eigenvalue weighted by atomic mass is 10.3. The molecule has 0 radical (unpaired) electrons. The van der Waals surface area contributed by atoms with Crippen molar-refractivity contribution in [2.24, 2.45) is 0 Å². The summed E-state index contributed by atoms with van der Waals surface area (Å²) >= 11 is 1.46. The summed E-state index contributed by atoms with van der Waals surface area (Å²) in [7, 11) is 1.99. The number of nitrogens with zero attached hydrogens (tertiary/aromatic N) is 1. The maximum Gasteiger partial charge on any atom is 0.160 e. The van der Waals surface area contributed by atoms with Crippen LogP contribution in [0.25, 0.3) is 0 Å². The molecule has 2 heterocycles. The summed E-state index contributed by atoms with van der Waals surface area (Å²) in [6.07, 6.45) is 4.26. The van der Waals surface area contributed by atoms with Gasteiger partial charge in [0.15, 0.2) is 6.29 Å². The SMILES string of the molecule is CN(Cc1ccoc1)c1csc(C=O)c1. The first-order valence-corrected chi connectivity index (χ1v) is 5.43. The van der Waals surface area contributed by atoms with Crippen LogP contribution in [0, 0.1) is 0 Å². The van der Waals surface area contributed by atoms with Crippen molar-refractivity contribution in [1.82, 2.24) is 0 Å². The molecule has 0 atom stereocenters. The van der Waals surface area contributed by atoms with Crippen molar-refractivity contribution in [2.75, 3.05) is 11.9 Å². The topological polar surface area (TPSA) is 33.5 Å². The number of rotatable bonds is 4. The first-order chi connectivity index (χ1) is 7.29. The van der Waals surface area contributed by atoms with Crippen molar-refractivity contribution in [3.05, 3.63) is 40.5 Å². The molecule has 0 saturated heterocycles. The van der Waals surface area contributed by atoms with E-state index in [1.54, 1.807) is 12.5 Å². The van der Waals surface area contributed by atoms with Crippen LogP contribution in [0.1, 0.15) is 15.2 Å². The third-order valence-corrected chi connectivity index (χ3v) is 3.01. The Labute approximate surface area is 91.9 Å². The Kier molecular flexibility index (Phi) is 2.87. The summed E-state index contributed by atoms with van der Waals surface area (Å²) in [4.78, 5) is 13.4. The monoisotopic (exact) mass is 221 g/mol. The molecule has 2 rings (SSSR count). The summed E-state index contributed by atoms with van der Waals surface area (Å²) in [6.45, 7) is 0.783.